The van der Waals surface area contributed by atoms with Gasteiger partial charge in [0.15, 0.2) is 0 Å². The average Bonchev–Trinajstić information content (AvgIpc) is 2.43. The van der Waals surface area contributed by atoms with Crippen molar-refractivity contribution in [3.8, 4) is 6.07 Å². The van der Waals surface area contributed by atoms with Crippen LogP contribution in [0, 0.1) is 11.3 Å². The van der Waals surface area contributed by atoms with Crippen LogP contribution in [0.15, 0.2) is 54.1 Å². The van der Waals surface area contributed by atoms with Gasteiger partial charge in [-0.25, -0.2) is 4.79 Å². The first-order valence-corrected chi connectivity index (χ1v) is 5.94. The Kier molecular flexibility index (Phi) is 5.84. The van der Waals surface area contributed by atoms with Crippen LogP contribution >= 0.6 is 0 Å². The summed E-state index contributed by atoms with van der Waals surface area (Å²) in [6.45, 7) is 2.11. The van der Waals surface area contributed by atoms with E-state index >= 15 is 0 Å². The maximum absolute atomic E-state index is 10.5. The summed E-state index contributed by atoms with van der Waals surface area (Å²) in [7, 11) is 0. The smallest absolute Gasteiger partial charge is 0.346 e. The van der Waals surface area contributed by atoms with Crippen LogP contribution in [0.4, 0.5) is 0 Å². The van der Waals surface area contributed by atoms with Gasteiger partial charge < -0.3 is 5.11 Å². The number of allylic oxidation sites excluding steroid dienone is 4. The lowest BCUT2D eigenvalue weighted by Crippen LogP contribution is -1.96. The van der Waals surface area contributed by atoms with Gasteiger partial charge in [0, 0.05) is 0 Å². The number of nitriles is 1. The van der Waals surface area contributed by atoms with E-state index < -0.39 is 5.97 Å². The minimum absolute atomic E-state index is 0.281. The summed E-state index contributed by atoms with van der Waals surface area (Å²) in [5.74, 6) is -1.22. The molecule has 0 aliphatic heterocycles. The zero-order chi connectivity index (χ0) is 14.1. The molecule has 1 aromatic carbocycles. The molecule has 0 aliphatic carbocycles. The molecule has 0 fully saturated rings. The highest BCUT2D eigenvalue weighted by Crippen LogP contribution is 2.06. The van der Waals surface area contributed by atoms with Gasteiger partial charge in [0.05, 0.1) is 0 Å². The fraction of sp³-hybridized carbons (Fsp3) is 0.125. The lowest BCUT2D eigenvalue weighted by Gasteiger charge is -1.96. The topological polar surface area (TPSA) is 61.1 Å². The van der Waals surface area contributed by atoms with Gasteiger partial charge in [-0.1, -0.05) is 55.5 Å². The number of hydrogen-bond donors (Lipinski definition) is 1. The minimum Gasteiger partial charge on any atom is -0.477 e. The highest BCUT2D eigenvalue weighted by Gasteiger charge is 2.01. The van der Waals surface area contributed by atoms with Crippen LogP contribution in [0.1, 0.15) is 18.1 Å². The highest BCUT2D eigenvalue weighted by atomic mass is 16.4. The van der Waals surface area contributed by atoms with Gasteiger partial charge in [-0.05, 0) is 23.6 Å². The first-order valence-electron chi connectivity index (χ1n) is 5.94. The number of carbonyl (C=O) groups is 1. The van der Waals surface area contributed by atoms with Crippen LogP contribution in [0.3, 0.4) is 0 Å². The van der Waals surface area contributed by atoms with Gasteiger partial charge >= 0.3 is 5.97 Å². The normalized spacial score (nSPS) is 11.9. The fourth-order valence-electron chi connectivity index (χ4n) is 1.40. The quantitative estimate of drug-likeness (QED) is 0.497. The number of aryl methyl sites for hydroxylation is 1. The second-order valence-electron chi connectivity index (χ2n) is 3.84. The Hall–Kier alpha value is -2.60. The van der Waals surface area contributed by atoms with E-state index in [2.05, 4.69) is 19.1 Å². The van der Waals surface area contributed by atoms with Gasteiger partial charge in [0.25, 0.3) is 0 Å². The zero-order valence-corrected chi connectivity index (χ0v) is 10.7. The molecule has 1 rings (SSSR count). The van der Waals surface area contributed by atoms with Crippen molar-refractivity contribution in [2.75, 3.05) is 0 Å². The molecule has 0 amide bonds. The van der Waals surface area contributed by atoms with E-state index in [0.29, 0.717) is 0 Å². The van der Waals surface area contributed by atoms with Crippen molar-refractivity contribution in [1.82, 2.24) is 0 Å². The van der Waals surface area contributed by atoms with E-state index in [1.807, 2.05) is 18.2 Å². The van der Waals surface area contributed by atoms with Crippen molar-refractivity contribution in [2.24, 2.45) is 0 Å². The van der Waals surface area contributed by atoms with Crippen LogP contribution in [-0.2, 0) is 11.2 Å². The Morgan fingerprint density at radius 2 is 1.95 bits per heavy atom. The van der Waals surface area contributed by atoms with Crippen LogP contribution in [0.5, 0.6) is 0 Å². The SMILES string of the molecule is CCc1ccc(/C=C/C=C/C=C(\C#N)C(=O)O)cc1. The summed E-state index contributed by atoms with van der Waals surface area (Å²) in [5.41, 5.74) is 2.08. The molecule has 0 bridgehead atoms. The summed E-state index contributed by atoms with van der Waals surface area (Å²) < 4.78 is 0. The van der Waals surface area contributed by atoms with E-state index in [4.69, 9.17) is 10.4 Å². The third-order valence-corrected chi connectivity index (χ3v) is 2.51. The molecule has 3 nitrogen and oxygen atoms in total. The van der Waals surface area contributed by atoms with Crippen molar-refractivity contribution in [3.63, 3.8) is 0 Å². The molecular weight excluding hydrogens is 238 g/mol. The largest absolute Gasteiger partial charge is 0.477 e. The van der Waals surface area contributed by atoms with E-state index in [9.17, 15) is 4.79 Å². The Labute approximate surface area is 112 Å². The van der Waals surface area contributed by atoms with Crippen molar-refractivity contribution >= 4 is 12.0 Å². The number of nitrogens with zero attached hydrogens (tertiary/aromatic N) is 1. The van der Waals surface area contributed by atoms with Crippen molar-refractivity contribution in [3.05, 3.63) is 65.3 Å². The van der Waals surface area contributed by atoms with E-state index in [0.717, 1.165) is 12.0 Å². The molecule has 0 radical (unpaired) electrons. The van der Waals surface area contributed by atoms with Crippen molar-refractivity contribution in [2.45, 2.75) is 13.3 Å². The third-order valence-electron chi connectivity index (χ3n) is 2.51. The molecule has 0 saturated carbocycles. The molecule has 0 atom stereocenters. The molecule has 3 heteroatoms. The second kappa shape index (κ2) is 7.67. The summed E-state index contributed by atoms with van der Waals surface area (Å²) in [5, 5.41) is 17.1. The number of aliphatic carboxylic acids is 1. The first-order chi connectivity index (χ1) is 9.17. The number of carboxylic acids is 1. The van der Waals surface area contributed by atoms with E-state index in [1.165, 1.54) is 17.7 Å². The van der Waals surface area contributed by atoms with Crippen LogP contribution in [-0.4, -0.2) is 11.1 Å². The van der Waals surface area contributed by atoms with Crippen LogP contribution in [0.2, 0.25) is 0 Å². The predicted molar refractivity (Wildman–Crippen MR) is 75.3 cm³/mol. The van der Waals surface area contributed by atoms with Crippen LogP contribution in [0.25, 0.3) is 6.08 Å². The second-order valence-corrected chi connectivity index (χ2v) is 3.84. The molecule has 0 spiro atoms. The molecule has 0 aliphatic rings. The Morgan fingerprint density at radius 3 is 2.47 bits per heavy atom. The van der Waals surface area contributed by atoms with Crippen molar-refractivity contribution in [1.29, 1.82) is 5.26 Å². The predicted octanol–water partition coefficient (Wildman–Crippen LogP) is 3.35. The Morgan fingerprint density at radius 1 is 1.26 bits per heavy atom. The lowest BCUT2D eigenvalue weighted by molar-refractivity contribution is -0.132. The molecule has 19 heavy (non-hydrogen) atoms. The highest BCUT2D eigenvalue weighted by molar-refractivity contribution is 5.91. The molecule has 96 valence electrons. The number of benzene rings is 1. The molecule has 0 aromatic heterocycles. The Bertz CT molecular complexity index is 557. The first kappa shape index (κ1) is 14.5. The molecule has 0 heterocycles. The summed E-state index contributed by atoms with van der Waals surface area (Å²) in [6.07, 6.45) is 9.22. The average molecular weight is 253 g/mol. The molecule has 1 aromatic rings. The number of rotatable bonds is 5. The van der Waals surface area contributed by atoms with Crippen molar-refractivity contribution < 1.29 is 9.90 Å². The third kappa shape index (κ3) is 5.05. The summed E-state index contributed by atoms with van der Waals surface area (Å²) >= 11 is 0. The molecule has 0 saturated heterocycles. The summed E-state index contributed by atoms with van der Waals surface area (Å²) in [6, 6.07) is 9.80. The molecular formula is C16H15NO2. The van der Waals surface area contributed by atoms with Gasteiger partial charge in [-0.15, -0.1) is 0 Å². The Balaban J connectivity index is 2.63. The van der Waals surface area contributed by atoms with Crippen LogP contribution < -0.4 is 0 Å². The van der Waals surface area contributed by atoms with E-state index in [-0.39, 0.29) is 5.57 Å². The molecule has 1 N–H and O–H groups in total. The maximum Gasteiger partial charge on any atom is 0.346 e. The van der Waals surface area contributed by atoms with Gasteiger partial charge in [0.1, 0.15) is 11.6 Å². The fourth-order valence-corrected chi connectivity index (χ4v) is 1.40. The lowest BCUT2D eigenvalue weighted by atomic mass is 10.1. The molecule has 0 unspecified atom stereocenters. The minimum atomic E-state index is -1.22. The summed E-state index contributed by atoms with van der Waals surface area (Å²) in [4.78, 5) is 10.5. The van der Waals surface area contributed by atoms with Gasteiger partial charge in [-0.3, -0.25) is 0 Å². The maximum atomic E-state index is 10.5. The number of carboxylic acid groups (broad SMARTS) is 1. The monoisotopic (exact) mass is 253 g/mol. The van der Waals surface area contributed by atoms with Gasteiger partial charge in [0.2, 0.25) is 0 Å². The van der Waals surface area contributed by atoms with Gasteiger partial charge in [-0.2, -0.15) is 5.26 Å². The zero-order valence-electron chi connectivity index (χ0n) is 10.7. The van der Waals surface area contributed by atoms with E-state index in [1.54, 1.807) is 18.2 Å². The number of hydrogen-bond acceptors (Lipinski definition) is 2. The standard InChI is InChI=1S/C16H15NO2/c1-2-13-8-10-14(11-9-13)6-4-3-5-7-15(12-17)16(18)19/h3-11H,2H2,1H3,(H,18,19)/b5-3+,6-4+,15-7+.